The van der Waals surface area contributed by atoms with Crippen LogP contribution in [0.15, 0.2) is 42.5 Å². The number of carbonyl (C=O) groups is 2. The van der Waals surface area contributed by atoms with Gasteiger partial charge in [-0.3, -0.25) is 9.10 Å². The van der Waals surface area contributed by atoms with E-state index in [1.807, 2.05) is 0 Å². The molecule has 162 valence electrons. The molecule has 7 nitrogen and oxygen atoms in total. The maximum atomic E-state index is 13.1. The first-order valence-electron chi connectivity index (χ1n) is 9.42. The number of nitrogens with zero attached hydrogens (tertiary/aromatic N) is 1. The molecule has 0 heterocycles. The molecule has 0 bridgehead atoms. The van der Waals surface area contributed by atoms with Gasteiger partial charge in [-0.05, 0) is 68.3 Å². The van der Waals surface area contributed by atoms with Gasteiger partial charge in [-0.2, -0.15) is 0 Å². The number of esters is 1. The minimum Gasteiger partial charge on any atom is -0.462 e. The van der Waals surface area contributed by atoms with E-state index in [2.05, 4.69) is 5.32 Å². The molecule has 0 aromatic heterocycles. The van der Waals surface area contributed by atoms with E-state index < -0.39 is 21.8 Å². The maximum Gasteiger partial charge on any atom is 0.338 e. The van der Waals surface area contributed by atoms with E-state index in [9.17, 15) is 22.4 Å². The Morgan fingerprint density at radius 3 is 2.37 bits per heavy atom. The standard InChI is InChI=1S/C21H25FN2O5S/c1-4-29-21(26)16-7-12-19(15(2)14-16)23-20(25)6-5-13-24(30(3,27)28)18-10-8-17(22)9-11-18/h7-12,14H,4-6,13H2,1-3H3,(H,23,25). The first-order valence-corrected chi connectivity index (χ1v) is 11.3. The van der Waals surface area contributed by atoms with Crippen LogP contribution in [0.1, 0.15) is 35.7 Å². The Kier molecular flexibility index (Phi) is 7.93. The monoisotopic (exact) mass is 436 g/mol. The lowest BCUT2D eigenvalue weighted by molar-refractivity contribution is -0.116. The van der Waals surface area contributed by atoms with Gasteiger partial charge in [-0.25, -0.2) is 17.6 Å². The van der Waals surface area contributed by atoms with Crippen LogP contribution in [-0.4, -0.2) is 39.7 Å². The van der Waals surface area contributed by atoms with Crippen LogP contribution in [-0.2, 0) is 19.6 Å². The van der Waals surface area contributed by atoms with Crippen LogP contribution in [0.2, 0.25) is 0 Å². The fourth-order valence-corrected chi connectivity index (χ4v) is 3.80. The van der Waals surface area contributed by atoms with Crippen LogP contribution in [0.3, 0.4) is 0 Å². The molecule has 0 atom stereocenters. The molecule has 0 saturated carbocycles. The van der Waals surface area contributed by atoms with Crippen LogP contribution in [0.4, 0.5) is 15.8 Å². The largest absolute Gasteiger partial charge is 0.462 e. The van der Waals surface area contributed by atoms with Gasteiger partial charge < -0.3 is 10.1 Å². The van der Waals surface area contributed by atoms with Crippen molar-refractivity contribution >= 4 is 33.3 Å². The summed E-state index contributed by atoms with van der Waals surface area (Å²) in [5.41, 5.74) is 2.00. The van der Waals surface area contributed by atoms with Gasteiger partial charge in [0.25, 0.3) is 0 Å². The zero-order valence-electron chi connectivity index (χ0n) is 17.1. The lowest BCUT2D eigenvalue weighted by Gasteiger charge is -2.22. The van der Waals surface area contributed by atoms with Crippen LogP contribution in [0.5, 0.6) is 0 Å². The lowest BCUT2D eigenvalue weighted by atomic mass is 10.1. The van der Waals surface area contributed by atoms with E-state index in [1.165, 1.54) is 24.3 Å². The number of aryl methyl sites for hydroxylation is 1. The predicted molar refractivity (Wildman–Crippen MR) is 114 cm³/mol. The third kappa shape index (κ3) is 6.55. The molecule has 0 fully saturated rings. The van der Waals surface area contributed by atoms with E-state index in [1.54, 1.807) is 32.0 Å². The zero-order valence-corrected chi connectivity index (χ0v) is 18.0. The van der Waals surface area contributed by atoms with Gasteiger partial charge in [0.2, 0.25) is 15.9 Å². The Morgan fingerprint density at radius 1 is 1.13 bits per heavy atom. The molecule has 0 saturated heterocycles. The highest BCUT2D eigenvalue weighted by Crippen LogP contribution is 2.20. The number of anilines is 2. The van der Waals surface area contributed by atoms with Gasteiger partial charge in [0.1, 0.15) is 5.82 Å². The maximum absolute atomic E-state index is 13.1. The van der Waals surface area contributed by atoms with Crippen LogP contribution in [0.25, 0.3) is 0 Å². The number of carbonyl (C=O) groups excluding carboxylic acids is 2. The number of sulfonamides is 1. The molecule has 2 aromatic carbocycles. The van der Waals surface area contributed by atoms with Gasteiger partial charge in [-0.1, -0.05) is 0 Å². The third-order valence-electron chi connectivity index (χ3n) is 4.29. The van der Waals surface area contributed by atoms with Crippen molar-refractivity contribution in [1.29, 1.82) is 0 Å². The van der Waals surface area contributed by atoms with Gasteiger partial charge in [0, 0.05) is 18.7 Å². The highest BCUT2D eigenvalue weighted by molar-refractivity contribution is 7.92. The second-order valence-corrected chi connectivity index (χ2v) is 8.62. The smallest absolute Gasteiger partial charge is 0.338 e. The number of ether oxygens (including phenoxy) is 1. The fraction of sp³-hybridized carbons (Fsp3) is 0.333. The summed E-state index contributed by atoms with van der Waals surface area (Å²) in [4.78, 5) is 24.0. The molecule has 2 rings (SSSR count). The van der Waals surface area contributed by atoms with Crippen molar-refractivity contribution in [2.75, 3.05) is 29.0 Å². The zero-order chi connectivity index (χ0) is 22.3. The van der Waals surface area contributed by atoms with Crippen molar-refractivity contribution in [3.05, 3.63) is 59.4 Å². The fourth-order valence-electron chi connectivity index (χ4n) is 2.84. The summed E-state index contributed by atoms with van der Waals surface area (Å²) in [6, 6.07) is 9.95. The number of hydrogen-bond acceptors (Lipinski definition) is 5. The van der Waals surface area contributed by atoms with Crippen molar-refractivity contribution in [3.63, 3.8) is 0 Å². The molecule has 0 unspecified atom stereocenters. The molecular formula is C21H25FN2O5S. The van der Waals surface area contributed by atoms with E-state index in [-0.39, 0.29) is 31.9 Å². The quantitative estimate of drug-likeness (QED) is 0.608. The van der Waals surface area contributed by atoms with Gasteiger partial charge in [0.05, 0.1) is 24.1 Å². The predicted octanol–water partition coefficient (Wildman–Crippen LogP) is 3.50. The minimum atomic E-state index is -3.58. The summed E-state index contributed by atoms with van der Waals surface area (Å²) >= 11 is 0. The highest BCUT2D eigenvalue weighted by Gasteiger charge is 2.18. The SMILES string of the molecule is CCOC(=O)c1ccc(NC(=O)CCCN(c2ccc(F)cc2)S(C)(=O)=O)c(C)c1. The summed E-state index contributed by atoms with van der Waals surface area (Å²) in [6.07, 6.45) is 1.42. The van der Waals surface area contributed by atoms with Crippen LogP contribution < -0.4 is 9.62 Å². The second-order valence-electron chi connectivity index (χ2n) is 6.71. The second kappa shape index (κ2) is 10.2. The number of nitrogens with one attached hydrogen (secondary N) is 1. The van der Waals surface area contributed by atoms with E-state index >= 15 is 0 Å². The Bertz CT molecular complexity index is 1010. The molecule has 2 aromatic rings. The minimum absolute atomic E-state index is 0.0820. The summed E-state index contributed by atoms with van der Waals surface area (Å²) < 4.78 is 43.3. The number of benzene rings is 2. The summed E-state index contributed by atoms with van der Waals surface area (Å²) in [7, 11) is -3.58. The molecule has 1 amide bonds. The lowest BCUT2D eigenvalue weighted by Crippen LogP contribution is -2.31. The molecule has 30 heavy (non-hydrogen) atoms. The van der Waals surface area contributed by atoms with Crippen molar-refractivity contribution in [2.45, 2.75) is 26.7 Å². The van der Waals surface area contributed by atoms with Gasteiger partial charge in [0.15, 0.2) is 0 Å². The van der Waals surface area contributed by atoms with Crippen molar-refractivity contribution in [2.24, 2.45) is 0 Å². The van der Waals surface area contributed by atoms with E-state index in [0.29, 0.717) is 22.5 Å². The number of rotatable bonds is 9. The normalized spacial score (nSPS) is 11.1. The molecule has 0 aliphatic carbocycles. The highest BCUT2D eigenvalue weighted by atomic mass is 32.2. The number of amides is 1. The average molecular weight is 437 g/mol. The van der Waals surface area contributed by atoms with Crippen LogP contribution in [0, 0.1) is 12.7 Å². The summed E-state index contributed by atoms with van der Waals surface area (Å²) in [5, 5.41) is 2.76. The number of halogens is 1. The van der Waals surface area contributed by atoms with Crippen molar-refractivity contribution < 1.29 is 27.1 Å². The first kappa shape index (κ1) is 23.3. The molecular weight excluding hydrogens is 411 g/mol. The number of hydrogen-bond donors (Lipinski definition) is 1. The Morgan fingerprint density at radius 2 is 1.80 bits per heavy atom. The summed E-state index contributed by atoms with van der Waals surface area (Å²) in [5.74, 6) is -1.18. The molecule has 0 aliphatic rings. The Hall–Kier alpha value is -2.94. The molecule has 0 spiro atoms. The first-order chi connectivity index (χ1) is 14.1. The van der Waals surface area contributed by atoms with E-state index in [4.69, 9.17) is 4.74 Å². The molecule has 0 aliphatic heterocycles. The molecule has 1 N–H and O–H groups in total. The van der Waals surface area contributed by atoms with Gasteiger partial charge in [-0.15, -0.1) is 0 Å². The van der Waals surface area contributed by atoms with Crippen LogP contribution >= 0.6 is 0 Å². The Balaban J connectivity index is 1.96. The third-order valence-corrected chi connectivity index (χ3v) is 5.49. The van der Waals surface area contributed by atoms with E-state index in [0.717, 1.165) is 10.6 Å². The topological polar surface area (TPSA) is 92.8 Å². The summed E-state index contributed by atoms with van der Waals surface area (Å²) in [6.45, 7) is 3.84. The average Bonchev–Trinajstić information content (AvgIpc) is 2.67. The van der Waals surface area contributed by atoms with Crippen molar-refractivity contribution in [3.8, 4) is 0 Å². The molecule has 0 radical (unpaired) electrons. The van der Waals surface area contributed by atoms with Crippen molar-refractivity contribution in [1.82, 2.24) is 0 Å². The van der Waals surface area contributed by atoms with Gasteiger partial charge >= 0.3 is 5.97 Å². The Labute approximate surface area is 175 Å². The molecule has 9 heteroatoms.